The van der Waals surface area contributed by atoms with Gasteiger partial charge in [0.15, 0.2) is 0 Å². The second-order valence-electron chi connectivity index (χ2n) is 5.46. The van der Waals surface area contributed by atoms with Crippen molar-refractivity contribution >= 4 is 11.6 Å². The van der Waals surface area contributed by atoms with Crippen LogP contribution in [0.15, 0.2) is 73.1 Å². The maximum absolute atomic E-state index is 12.1. The summed E-state index contributed by atoms with van der Waals surface area (Å²) < 4.78 is 1.81. The maximum atomic E-state index is 12.1. The number of amides is 1. The number of anilines is 1. The third kappa shape index (κ3) is 3.88. The van der Waals surface area contributed by atoms with Crippen LogP contribution < -0.4 is 5.32 Å². The van der Waals surface area contributed by atoms with E-state index in [9.17, 15) is 9.90 Å². The average molecular weight is 321 g/mol. The number of hydrogen-bond acceptors (Lipinski definition) is 3. The molecule has 1 atom stereocenters. The smallest absolute Gasteiger partial charge is 0.226 e. The highest BCUT2D eigenvalue weighted by atomic mass is 16.3. The van der Waals surface area contributed by atoms with Gasteiger partial charge in [0.25, 0.3) is 0 Å². The largest absolute Gasteiger partial charge is 0.380 e. The molecule has 5 heteroatoms. The van der Waals surface area contributed by atoms with E-state index in [1.165, 1.54) is 0 Å². The fraction of sp³-hybridized carbons (Fsp3) is 0.158. The molecule has 0 aliphatic heterocycles. The van der Waals surface area contributed by atoms with E-state index in [2.05, 4.69) is 10.3 Å². The summed E-state index contributed by atoms with van der Waals surface area (Å²) in [6.07, 6.45) is 2.91. The van der Waals surface area contributed by atoms with Crippen molar-refractivity contribution in [2.24, 2.45) is 0 Å². The first kappa shape index (κ1) is 16.0. The normalized spacial score (nSPS) is 11.9. The number of aromatic nitrogens is 2. The molecule has 0 unspecified atom stereocenters. The standard InChI is InChI=1S/C19H19N3O2/c23-17(21-16-9-5-2-6-10-16)11-13-22-14-12-20-19(22)18(24)15-7-3-1-4-8-15/h1-10,12,14,18,24H,11,13H2,(H,21,23)/t18-/m0/s1. The van der Waals surface area contributed by atoms with Gasteiger partial charge in [0.2, 0.25) is 5.91 Å². The Hall–Kier alpha value is -2.92. The molecular weight excluding hydrogens is 302 g/mol. The third-order valence-electron chi connectivity index (χ3n) is 3.74. The van der Waals surface area contributed by atoms with E-state index in [-0.39, 0.29) is 5.91 Å². The van der Waals surface area contributed by atoms with Crippen LogP contribution in [0.1, 0.15) is 23.9 Å². The van der Waals surface area contributed by atoms with Crippen molar-refractivity contribution in [1.29, 1.82) is 0 Å². The van der Waals surface area contributed by atoms with Crippen molar-refractivity contribution in [1.82, 2.24) is 9.55 Å². The van der Waals surface area contributed by atoms with Crippen LogP contribution in [-0.2, 0) is 11.3 Å². The maximum Gasteiger partial charge on any atom is 0.226 e. The summed E-state index contributed by atoms with van der Waals surface area (Å²) in [5.74, 6) is 0.462. The molecule has 2 N–H and O–H groups in total. The molecule has 1 aromatic heterocycles. The zero-order chi connectivity index (χ0) is 16.8. The van der Waals surface area contributed by atoms with Crippen molar-refractivity contribution in [3.63, 3.8) is 0 Å². The fourth-order valence-electron chi connectivity index (χ4n) is 2.51. The SMILES string of the molecule is O=C(CCn1ccnc1[C@@H](O)c1ccccc1)Nc1ccccc1. The topological polar surface area (TPSA) is 67.2 Å². The summed E-state index contributed by atoms with van der Waals surface area (Å²) in [5.41, 5.74) is 1.55. The Balaban J connectivity index is 1.62. The summed E-state index contributed by atoms with van der Waals surface area (Å²) in [6, 6.07) is 18.7. The van der Waals surface area contributed by atoms with Crippen LogP contribution in [0.5, 0.6) is 0 Å². The summed E-state index contributed by atoms with van der Waals surface area (Å²) in [5, 5.41) is 13.3. The molecule has 3 aromatic rings. The zero-order valence-corrected chi connectivity index (χ0v) is 13.2. The van der Waals surface area contributed by atoms with Gasteiger partial charge in [-0.05, 0) is 17.7 Å². The first-order valence-corrected chi connectivity index (χ1v) is 7.83. The van der Waals surface area contributed by atoms with Gasteiger partial charge < -0.3 is 15.0 Å². The van der Waals surface area contributed by atoms with Gasteiger partial charge in [-0.1, -0.05) is 48.5 Å². The van der Waals surface area contributed by atoms with Gasteiger partial charge in [-0.2, -0.15) is 0 Å². The Morgan fingerprint density at radius 2 is 1.75 bits per heavy atom. The van der Waals surface area contributed by atoms with Crippen molar-refractivity contribution in [3.05, 3.63) is 84.4 Å². The quantitative estimate of drug-likeness (QED) is 0.733. The van der Waals surface area contributed by atoms with Gasteiger partial charge in [0, 0.05) is 31.0 Å². The second kappa shape index (κ2) is 7.57. The number of aliphatic hydroxyl groups excluding tert-OH is 1. The molecule has 24 heavy (non-hydrogen) atoms. The Labute approximate surface area is 140 Å². The zero-order valence-electron chi connectivity index (χ0n) is 13.2. The van der Waals surface area contributed by atoms with Crippen LogP contribution in [0.3, 0.4) is 0 Å². The van der Waals surface area contributed by atoms with Gasteiger partial charge in [-0.3, -0.25) is 4.79 Å². The molecule has 2 aromatic carbocycles. The molecule has 0 aliphatic rings. The molecule has 3 rings (SSSR count). The van der Waals surface area contributed by atoms with Gasteiger partial charge in [-0.15, -0.1) is 0 Å². The number of imidazole rings is 1. The van der Waals surface area contributed by atoms with Gasteiger partial charge >= 0.3 is 0 Å². The number of aryl methyl sites for hydroxylation is 1. The number of aliphatic hydroxyl groups is 1. The minimum Gasteiger partial charge on any atom is -0.380 e. The van der Waals surface area contributed by atoms with E-state index >= 15 is 0 Å². The monoisotopic (exact) mass is 321 g/mol. The lowest BCUT2D eigenvalue weighted by Gasteiger charge is -2.13. The van der Waals surface area contributed by atoms with E-state index in [1.807, 2.05) is 65.2 Å². The second-order valence-corrected chi connectivity index (χ2v) is 5.46. The lowest BCUT2D eigenvalue weighted by Crippen LogP contribution is -2.16. The Kier molecular flexibility index (Phi) is 5.03. The summed E-state index contributed by atoms with van der Waals surface area (Å²) in [4.78, 5) is 16.3. The van der Waals surface area contributed by atoms with Crippen molar-refractivity contribution in [2.45, 2.75) is 19.1 Å². The highest BCUT2D eigenvalue weighted by molar-refractivity contribution is 5.90. The summed E-state index contributed by atoms with van der Waals surface area (Å²) >= 11 is 0. The first-order chi connectivity index (χ1) is 11.7. The lowest BCUT2D eigenvalue weighted by molar-refractivity contribution is -0.116. The number of nitrogens with zero attached hydrogens (tertiary/aromatic N) is 2. The van der Waals surface area contributed by atoms with Gasteiger partial charge in [0.05, 0.1) is 0 Å². The molecule has 1 amide bonds. The van der Waals surface area contributed by atoms with Crippen LogP contribution in [0.25, 0.3) is 0 Å². The van der Waals surface area contributed by atoms with Gasteiger partial charge in [-0.25, -0.2) is 4.98 Å². The number of hydrogen-bond donors (Lipinski definition) is 2. The van der Waals surface area contributed by atoms with Crippen LogP contribution in [-0.4, -0.2) is 20.6 Å². The highest BCUT2D eigenvalue weighted by Crippen LogP contribution is 2.20. The Morgan fingerprint density at radius 3 is 2.46 bits per heavy atom. The van der Waals surface area contributed by atoms with E-state index in [4.69, 9.17) is 0 Å². The predicted molar refractivity (Wildman–Crippen MR) is 92.4 cm³/mol. The molecule has 0 saturated heterocycles. The van der Waals surface area contributed by atoms with E-state index < -0.39 is 6.10 Å². The van der Waals surface area contributed by atoms with Crippen LogP contribution in [0.4, 0.5) is 5.69 Å². The molecule has 0 aliphatic carbocycles. The molecular formula is C19H19N3O2. The van der Waals surface area contributed by atoms with E-state index in [1.54, 1.807) is 12.4 Å². The van der Waals surface area contributed by atoms with Crippen LogP contribution in [0, 0.1) is 0 Å². The molecule has 0 bridgehead atoms. The molecule has 0 fully saturated rings. The summed E-state index contributed by atoms with van der Waals surface area (Å²) in [6.45, 7) is 0.456. The number of carbonyl (C=O) groups excluding carboxylic acids is 1. The number of nitrogens with one attached hydrogen (secondary N) is 1. The molecule has 0 radical (unpaired) electrons. The van der Waals surface area contributed by atoms with Crippen molar-refractivity contribution < 1.29 is 9.90 Å². The minimum atomic E-state index is -0.807. The highest BCUT2D eigenvalue weighted by Gasteiger charge is 2.16. The Morgan fingerprint density at radius 1 is 1.08 bits per heavy atom. The predicted octanol–water partition coefficient (Wildman–Crippen LogP) is 2.99. The number of benzene rings is 2. The number of para-hydroxylation sites is 1. The summed E-state index contributed by atoms with van der Waals surface area (Å²) in [7, 11) is 0. The number of rotatable bonds is 6. The molecule has 1 heterocycles. The fourth-order valence-corrected chi connectivity index (χ4v) is 2.51. The lowest BCUT2D eigenvalue weighted by atomic mass is 10.1. The van der Waals surface area contributed by atoms with Crippen LogP contribution >= 0.6 is 0 Å². The van der Waals surface area contributed by atoms with E-state index in [0.29, 0.717) is 18.8 Å². The minimum absolute atomic E-state index is 0.0740. The number of carbonyl (C=O) groups is 1. The average Bonchev–Trinajstić information content (AvgIpc) is 3.09. The first-order valence-electron chi connectivity index (χ1n) is 7.83. The van der Waals surface area contributed by atoms with E-state index in [0.717, 1.165) is 11.3 Å². The van der Waals surface area contributed by atoms with Crippen LogP contribution in [0.2, 0.25) is 0 Å². The third-order valence-corrected chi connectivity index (χ3v) is 3.74. The molecule has 122 valence electrons. The molecule has 0 spiro atoms. The molecule has 0 saturated carbocycles. The van der Waals surface area contributed by atoms with Crippen molar-refractivity contribution in [3.8, 4) is 0 Å². The Bertz CT molecular complexity index is 785. The van der Waals surface area contributed by atoms with Gasteiger partial charge in [0.1, 0.15) is 11.9 Å². The van der Waals surface area contributed by atoms with Crippen molar-refractivity contribution in [2.75, 3.05) is 5.32 Å². The molecule has 5 nitrogen and oxygen atoms in total.